The summed E-state index contributed by atoms with van der Waals surface area (Å²) >= 11 is 0. The van der Waals surface area contributed by atoms with Gasteiger partial charge in [0.15, 0.2) is 0 Å². The highest BCUT2D eigenvalue weighted by Crippen LogP contribution is 2.12. The lowest BCUT2D eigenvalue weighted by atomic mass is 10.2. The molecule has 3 rings (SSSR count). The van der Waals surface area contributed by atoms with E-state index in [-0.39, 0.29) is 24.4 Å². The maximum absolute atomic E-state index is 13.1. The summed E-state index contributed by atoms with van der Waals surface area (Å²) in [5, 5.41) is 5.97. The van der Waals surface area contributed by atoms with Crippen LogP contribution in [0.25, 0.3) is 11.0 Å². The molecule has 0 saturated carbocycles. The first-order chi connectivity index (χ1) is 10.2. The molecule has 2 aromatic rings. The molecule has 6 nitrogen and oxygen atoms in total. The van der Waals surface area contributed by atoms with Crippen LogP contribution in [-0.2, 0) is 16.1 Å². The number of nitrogens with one attached hydrogen (secondary N) is 3. The van der Waals surface area contributed by atoms with E-state index < -0.39 is 0 Å². The minimum absolute atomic E-state index is 0.0801. The summed E-state index contributed by atoms with van der Waals surface area (Å²) in [4.78, 5) is 19.1. The third-order valence-corrected chi connectivity index (χ3v) is 3.36. The van der Waals surface area contributed by atoms with Gasteiger partial charge >= 0.3 is 0 Å². The second kappa shape index (κ2) is 6.19. The summed E-state index contributed by atoms with van der Waals surface area (Å²) in [5.74, 6) is 0.200. The predicted molar refractivity (Wildman–Crippen MR) is 75.1 cm³/mol. The van der Waals surface area contributed by atoms with E-state index in [1.165, 1.54) is 12.1 Å². The fourth-order valence-corrected chi connectivity index (χ4v) is 2.33. The van der Waals surface area contributed by atoms with Crippen molar-refractivity contribution in [3.05, 3.63) is 29.8 Å². The highest BCUT2D eigenvalue weighted by Gasteiger charge is 2.17. The van der Waals surface area contributed by atoms with Crippen LogP contribution in [0.1, 0.15) is 12.2 Å². The molecule has 0 aliphatic carbocycles. The van der Waals surface area contributed by atoms with E-state index in [1.54, 1.807) is 6.07 Å². The molecule has 1 aromatic heterocycles. The van der Waals surface area contributed by atoms with Crippen molar-refractivity contribution < 1.29 is 13.9 Å². The number of carbonyl (C=O) groups is 1. The number of benzene rings is 1. The van der Waals surface area contributed by atoms with Gasteiger partial charge in [-0.15, -0.1) is 0 Å². The summed E-state index contributed by atoms with van der Waals surface area (Å²) in [6, 6.07) is 4.35. The Hall–Kier alpha value is -1.99. The topological polar surface area (TPSA) is 79.0 Å². The van der Waals surface area contributed by atoms with Crippen molar-refractivity contribution in [1.29, 1.82) is 0 Å². The van der Waals surface area contributed by atoms with Gasteiger partial charge in [-0.1, -0.05) is 0 Å². The molecule has 7 heteroatoms. The molecule has 1 saturated heterocycles. The lowest BCUT2D eigenvalue weighted by Gasteiger charge is -2.22. The number of fused-ring (bicyclic) bond motifs is 1. The number of H-pyrrole nitrogens is 1. The third-order valence-electron chi connectivity index (χ3n) is 3.36. The molecule has 0 radical (unpaired) electrons. The lowest BCUT2D eigenvalue weighted by Crippen LogP contribution is -2.41. The number of aromatic amines is 1. The number of amides is 1. The standard InChI is InChI=1S/C14H17FN4O2/c15-9-1-2-11-12(5-9)19-13(18-11)8-17-14(20)6-10-7-16-3-4-21-10/h1-2,5,10,16H,3-4,6-8H2,(H,17,20)(H,18,19)/t10-/m1/s1. The van der Waals surface area contributed by atoms with Gasteiger partial charge in [0.1, 0.15) is 11.6 Å². The van der Waals surface area contributed by atoms with Crippen molar-refractivity contribution >= 4 is 16.9 Å². The Labute approximate surface area is 121 Å². The molecule has 0 unspecified atom stereocenters. The van der Waals surface area contributed by atoms with Crippen LogP contribution in [0, 0.1) is 5.82 Å². The number of morpholine rings is 1. The molecule has 1 amide bonds. The second-order valence-corrected chi connectivity index (χ2v) is 5.02. The SMILES string of the molecule is O=C(C[C@@H]1CNCCO1)NCc1nc2ccc(F)cc2[nH]1. The van der Waals surface area contributed by atoms with E-state index in [1.807, 2.05) is 0 Å². The van der Waals surface area contributed by atoms with E-state index in [0.717, 1.165) is 6.54 Å². The average molecular weight is 292 g/mol. The maximum atomic E-state index is 13.1. The number of aromatic nitrogens is 2. The zero-order valence-electron chi connectivity index (χ0n) is 11.5. The first-order valence-electron chi connectivity index (χ1n) is 6.94. The van der Waals surface area contributed by atoms with Gasteiger partial charge in [0.2, 0.25) is 5.91 Å². The van der Waals surface area contributed by atoms with Crippen LogP contribution in [-0.4, -0.2) is 41.7 Å². The number of imidazole rings is 1. The zero-order chi connectivity index (χ0) is 14.7. The van der Waals surface area contributed by atoms with Gasteiger partial charge in [-0.05, 0) is 18.2 Å². The van der Waals surface area contributed by atoms with Gasteiger partial charge in [-0.25, -0.2) is 9.37 Å². The Kier molecular flexibility index (Phi) is 4.12. The largest absolute Gasteiger partial charge is 0.375 e. The van der Waals surface area contributed by atoms with Gasteiger partial charge in [0, 0.05) is 13.1 Å². The van der Waals surface area contributed by atoms with Crippen LogP contribution in [0.2, 0.25) is 0 Å². The van der Waals surface area contributed by atoms with Crippen molar-refractivity contribution in [3.63, 3.8) is 0 Å². The third kappa shape index (κ3) is 3.56. The number of carbonyl (C=O) groups excluding carboxylic acids is 1. The van der Waals surface area contributed by atoms with Crippen LogP contribution in [0.3, 0.4) is 0 Å². The first kappa shape index (κ1) is 14.0. The summed E-state index contributed by atoms with van der Waals surface area (Å²) in [5.41, 5.74) is 1.31. The summed E-state index contributed by atoms with van der Waals surface area (Å²) in [6.07, 6.45) is 0.241. The molecule has 3 N–H and O–H groups in total. The van der Waals surface area contributed by atoms with E-state index >= 15 is 0 Å². The van der Waals surface area contributed by atoms with Gasteiger partial charge in [0.05, 0.1) is 36.7 Å². The number of rotatable bonds is 4. The molecule has 1 aliphatic rings. The minimum atomic E-state index is -0.316. The average Bonchev–Trinajstić information content (AvgIpc) is 2.88. The number of halogens is 1. The molecule has 0 spiro atoms. The molecule has 21 heavy (non-hydrogen) atoms. The number of hydrogen-bond acceptors (Lipinski definition) is 4. The fraction of sp³-hybridized carbons (Fsp3) is 0.429. The van der Waals surface area contributed by atoms with Gasteiger partial charge in [-0.2, -0.15) is 0 Å². The van der Waals surface area contributed by atoms with Crippen molar-refractivity contribution in [2.24, 2.45) is 0 Å². The van der Waals surface area contributed by atoms with Crippen molar-refractivity contribution in [3.8, 4) is 0 Å². The van der Waals surface area contributed by atoms with Crippen molar-refractivity contribution in [2.75, 3.05) is 19.7 Å². The molecule has 112 valence electrons. The van der Waals surface area contributed by atoms with Gasteiger partial charge < -0.3 is 20.4 Å². The monoisotopic (exact) mass is 292 g/mol. The van der Waals surface area contributed by atoms with E-state index in [9.17, 15) is 9.18 Å². The number of hydrogen-bond donors (Lipinski definition) is 3. The smallest absolute Gasteiger partial charge is 0.223 e. The Bertz CT molecular complexity index is 637. The number of ether oxygens (including phenoxy) is 1. The van der Waals surface area contributed by atoms with Crippen LogP contribution >= 0.6 is 0 Å². The van der Waals surface area contributed by atoms with E-state index in [4.69, 9.17) is 4.74 Å². The fourth-order valence-electron chi connectivity index (χ4n) is 2.33. The maximum Gasteiger partial charge on any atom is 0.223 e. The Morgan fingerprint density at radius 3 is 3.24 bits per heavy atom. The summed E-state index contributed by atoms with van der Waals surface area (Å²) in [7, 11) is 0. The van der Waals surface area contributed by atoms with Crippen LogP contribution in [0.5, 0.6) is 0 Å². The Balaban J connectivity index is 1.54. The highest BCUT2D eigenvalue weighted by atomic mass is 19.1. The van der Waals surface area contributed by atoms with Crippen LogP contribution in [0.4, 0.5) is 4.39 Å². The molecule has 1 fully saturated rings. The molecule has 0 bridgehead atoms. The highest BCUT2D eigenvalue weighted by molar-refractivity contribution is 5.77. The molecule has 1 aromatic carbocycles. The minimum Gasteiger partial charge on any atom is -0.375 e. The number of nitrogens with zero attached hydrogens (tertiary/aromatic N) is 1. The van der Waals surface area contributed by atoms with Crippen LogP contribution in [0.15, 0.2) is 18.2 Å². The molecule has 2 heterocycles. The normalized spacial score (nSPS) is 18.8. The van der Waals surface area contributed by atoms with Crippen LogP contribution < -0.4 is 10.6 Å². The Morgan fingerprint density at radius 2 is 2.43 bits per heavy atom. The summed E-state index contributed by atoms with van der Waals surface area (Å²) < 4.78 is 18.6. The Morgan fingerprint density at radius 1 is 1.52 bits per heavy atom. The van der Waals surface area contributed by atoms with E-state index in [0.29, 0.717) is 36.4 Å². The first-order valence-corrected chi connectivity index (χ1v) is 6.94. The molecular weight excluding hydrogens is 275 g/mol. The zero-order valence-corrected chi connectivity index (χ0v) is 11.5. The molecular formula is C14H17FN4O2. The predicted octanol–water partition coefficient (Wildman–Crippen LogP) is 0.697. The van der Waals surface area contributed by atoms with E-state index in [2.05, 4.69) is 20.6 Å². The summed E-state index contributed by atoms with van der Waals surface area (Å²) in [6.45, 7) is 2.44. The quantitative estimate of drug-likeness (QED) is 0.775. The van der Waals surface area contributed by atoms with Crippen molar-refractivity contribution in [2.45, 2.75) is 19.1 Å². The van der Waals surface area contributed by atoms with Crippen molar-refractivity contribution in [1.82, 2.24) is 20.6 Å². The molecule has 1 aliphatic heterocycles. The lowest BCUT2D eigenvalue weighted by molar-refractivity contribution is -0.124. The van der Waals surface area contributed by atoms with Gasteiger partial charge in [-0.3, -0.25) is 4.79 Å². The molecule has 1 atom stereocenters. The second-order valence-electron chi connectivity index (χ2n) is 5.02. The van der Waals surface area contributed by atoms with Gasteiger partial charge in [0.25, 0.3) is 0 Å².